The van der Waals surface area contributed by atoms with Crippen molar-refractivity contribution in [3.63, 3.8) is 0 Å². The third-order valence-corrected chi connectivity index (χ3v) is 5.72. The number of hydrogen-bond acceptors (Lipinski definition) is 5. The highest BCUT2D eigenvalue weighted by molar-refractivity contribution is 5.98. The number of hydrogen-bond donors (Lipinski definition) is 3. The third kappa shape index (κ3) is 5.22. The molecule has 6 nitrogen and oxygen atoms in total. The molecule has 0 aliphatic carbocycles. The fraction of sp³-hybridized carbons (Fsp3) is 0.280. The standard InChI is InChI=1S/C25H26N2O4/c28-21-8-5-19(6-9-21)25(30)27-24(18-11-13-26-14-12-18)23(29)16-31-22-10-7-17-3-1-2-4-20(17)15-22/h1-10,15,18,24,26,28H,11-14,16H2,(H,27,30). The molecule has 1 fully saturated rings. The van der Waals surface area contributed by atoms with E-state index in [0.717, 1.165) is 36.7 Å². The van der Waals surface area contributed by atoms with E-state index < -0.39 is 6.04 Å². The number of phenols is 1. The normalized spacial score (nSPS) is 15.4. The lowest BCUT2D eigenvalue weighted by atomic mass is 9.87. The van der Waals surface area contributed by atoms with E-state index in [1.165, 1.54) is 12.1 Å². The summed E-state index contributed by atoms with van der Waals surface area (Å²) in [4.78, 5) is 25.8. The van der Waals surface area contributed by atoms with Gasteiger partial charge in [0.05, 0.1) is 6.04 Å². The quantitative estimate of drug-likeness (QED) is 0.548. The van der Waals surface area contributed by atoms with Gasteiger partial charge in [-0.1, -0.05) is 30.3 Å². The van der Waals surface area contributed by atoms with Gasteiger partial charge in [0, 0.05) is 5.56 Å². The van der Waals surface area contributed by atoms with Crippen LogP contribution < -0.4 is 15.4 Å². The van der Waals surface area contributed by atoms with Crippen molar-refractivity contribution >= 4 is 22.5 Å². The average Bonchev–Trinajstić information content (AvgIpc) is 2.81. The van der Waals surface area contributed by atoms with Crippen LogP contribution in [0.25, 0.3) is 10.8 Å². The number of ether oxygens (including phenoxy) is 1. The van der Waals surface area contributed by atoms with Crippen LogP contribution >= 0.6 is 0 Å². The zero-order valence-electron chi connectivity index (χ0n) is 17.2. The highest BCUT2D eigenvalue weighted by Crippen LogP contribution is 2.22. The van der Waals surface area contributed by atoms with Crippen LogP contribution in [0.5, 0.6) is 11.5 Å². The number of nitrogens with one attached hydrogen (secondary N) is 2. The van der Waals surface area contributed by atoms with Crippen LogP contribution in [0.1, 0.15) is 23.2 Å². The van der Waals surface area contributed by atoms with E-state index in [0.29, 0.717) is 11.3 Å². The largest absolute Gasteiger partial charge is 0.508 e. The molecule has 0 radical (unpaired) electrons. The molecule has 1 heterocycles. The summed E-state index contributed by atoms with van der Waals surface area (Å²) < 4.78 is 5.80. The van der Waals surface area contributed by atoms with Crippen molar-refractivity contribution < 1.29 is 19.4 Å². The Balaban J connectivity index is 1.46. The molecule has 1 atom stereocenters. The van der Waals surface area contributed by atoms with Crippen LogP contribution in [0.3, 0.4) is 0 Å². The first-order chi connectivity index (χ1) is 15.1. The molecule has 6 heteroatoms. The molecule has 3 aromatic rings. The van der Waals surface area contributed by atoms with Gasteiger partial charge in [0.2, 0.25) is 0 Å². The Morgan fingerprint density at radius 3 is 2.45 bits per heavy atom. The van der Waals surface area contributed by atoms with Crippen molar-refractivity contribution in [1.29, 1.82) is 0 Å². The van der Waals surface area contributed by atoms with Crippen LogP contribution in [0.15, 0.2) is 66.7 Å². The number of ketones is 1. The Morgan fingerprint density at radius 2 is 1.71 bits per heavy atom. The van der Waals surface area contributed by atoms with Crippen molar-refractivity contribution in [1.82, 2.24) is 10.6 Å². The number of carbonyl (C=O) groups is 2. The second kappa shape index (κ2) is 9.62. The maximum absolute atomic E-state index is 13.1. The van der Waals surface area contributed by atoms with Gasteiger partial charge in [-0.25, -0.2) is 0 Å². The Labute approximate surface area is 181 Å². The molecule has 0 bridgehead atoms. The van der Waals surface area contributed by atoms with E-state index in [1.807, 2.05) is 42.5 Å². The van der Waals surface area contributed by atoms with Crippen LogP contribution in [0.2, 0.25) is 0 Å². The summed E-state index contributed by atoms with van der Waals surface area (Å²) in [6.07, 6.45) is 1.62. The van der Waals surface area contributed by atoms with E-state index in [4.69, 9.17) is 4.74 Å². The highest BCUT2D eigenvalue weighted by atomic mass is 16.5. The average molecular weight is 418 g/mol. The maximum atomic E-state index is 13.1. The zero-order chi connectivity index (χ0) is 21.6. The topological polar surface area (TPSA) is 87.7 Å². The predicted octanol–water partition coefficient (Wildman–Crippen LogP) is 3.29. The van der Waals surface area contributed by atoms with Gasteiger partial charge < -0.3 is 20.5 Å². The lowest BCUT2D eigenvalue weighted by Crippen LogP contribution is -2.50. The number of amides is 1. The van der Waals surface area contributed by atoms with Gasteiger partial charge in [-0.2, -0.15) is 0 Å². The number of piperidine rings is 1. The third-order valence-electron chi connectivity index (χ3n) is 5.72. The van der Waals surface area contributed by atoms with Gasteiger partial charge in [-0.05, 0) is 79.0 Å². The van der Waals surface area contributed by atoms with Crippen molar-refractivity contribution in [3.8, 4) is 11.5 Å². The van der Waals surface area contributed by atoms with Crippen LogP contribution in [-0.2, 0) is 4.79 Å². The molecule has 1 amide bonds. The Hall–Kier alpha value is -3.38. The molecule has 0 spiro atoms. The Kier molecular flexibility index (Phi) is 6.48. The summed E-state index contributed by atoms with van der Waals surface area (Å²) in [7, 11) is 0. The Bertz CT molecular complexity index is 1060. The SMILES string of the molecule is O=C(NC(C(=O)COc1ccc2ccccc2c1)C1CCNCC1)c1ccc(O)cc1. The number of benzene rings is 3. The summed E-state index contributed by atoms with van der Waals surface area (Å²) in [6.45, 7) is 1.52. The summed E-state index contributed by atoms with van der Waals surface area (Å²) in [5.41, 5.74) is 0.403. The van der Waals surface area contributed by atoms with Gasteiger partial charge in [0.25, 0.3) is 5.91 Å². The second-order valence-corrected chi connectivity index (χ2v) is 7.85. The second-order valence-electron chi connectivity index (χ2n) is 7.85. The van der Waals surface area contributed by atoms with Gasteiger partial charge >= 0.3 is 0 Å². The maximum Gasteiger partial charge on any atom is 0.251 e. The molecule has 1 unspecified atom stereocenters. The van der Waals surface area contributed by atoms with Crippen LogP contribution in [-0.4, -0.2) is 42.5 Å². The summed E-state index contributed by atoms with van der Waals surface area (Å²) in [5, 5.41) is 17.8. The molecule has 3 N–H and O–H groups in total. The van der Waals surface area contributed by atoms with Crippen molar-refractivity contribution in [2.24, 2.45) is 5.92 Å². The molecule has 1 aliphatic heterocycles. The first kappa shape index (κ1) is 20.9. The van der Waals surface area contributed by atoms with E-state index in [1.54, 1.807) is 12.1 Å². The van der Waals surface area contributed by atoms with E-state index in [-0.39, 0.29) is 30.0 Å². The molecular weight excluding hydrogens is 392 g/mol. The first-order valence-corrected chi connectivity index (χ1v) is 10.5. The number of aromatic hydroxyl groups is 1. The summed E-state index contributed by atoms with van der Waals surface area (Å²) in [5.74, 6) is 0.289. The lowest BCUT2D eigenvalue weighted by Gasteiger charge is -2.30. The fourth-order valence-corrected chi connectivity index (χ4v) is 3.98. The van der Waals surface area contributed by atoms with Gasteiger partial charge in [-0.15, -0.1) is 0 Å². The minimum Gasteiger partial charge on any atom is -0.508 e. The van der Waals surface area contributed by atoms with E-state index in [2.05, 4.69) is 10.6 Å². The zero-order valence-corrected chi connectivity index (χ0v) is 17.2. The minimum atomic E-state index is -0.621. The highest BCUT2D eigenvalue weighted by Gasteiger charge is 2.31. The molecule has 0 saturated carbocycles. The van der Waals surface area contributed by atoms with Crippen molar-refractivity contribution in [2.75, 3.05) is 19.7 Å². The number of Topliss-reactive ketones (excluding diaryl/α,β-unsaturated/α-hetero) is 1. The predicted molar refractivity (Wildman–Crippen MR) is 119 cm³/mol. The first-order valence-electron chi connectivity index (χ1n) is 10.5. The molecule has 1 saturated heterocycles. The molecule has 160 valence electrons. The monoisotopic (exact) mass is 418 g/mol. The fourth-order valence-electron chi connectivity index (χ4n) is 3.98. The summed E-state index contributed by atoms with van der Waals surface area (Å²) in [6, 6.07) is 19.1. The van der Waals surface area contributed by atoms with Crippen molar-refractivity contribution in [3.05, 3.63) is 72.3 Å². The number of rotatable bonds is 7. The molecule has 31 heavy (non-hydrogen) atoms. The molecule has 0 aromatic heterocycles. The molecular formula is C25H26N2O4. The minimum absolute atomic E-state index is 0.0509. The number of carbonyl (C=O) groups excluding carboxylic acids is 2. The number of phenolic OH excluding ortho intramolecular Hbond substituents is 1. The summed E-state index contributed by atoms with van der Waals surface area (Å²) >= 11 is 0. The lowest BCUT2D eigenvalue weighted by molar-refractivity contribution is -0.124. The van der Waals surface area contributed by atoms with Crippen LogP contribution in [0, 0.1) is 5.92 Å². The molecule has 1 aliphatic rings. The van der Waals surface area contributed by atoms with Gasteiger partial charge in [0.1, 0.15) is 18.1 Å². The smallest absolute Gasteiger partial charge is 0.251 e. The van der Waals surface area contributed by atoms with E-state index >= 15 is 0 Å². The molecule has 4 rings (SSSR count). The molecule has 3 aromatic carbocycles. The van der Waals surface area contributed by atoms with Gasteiger partial charge in [0.15, 0.2) is 5.78 Å². The van der Waals surface area contributed by atoms with Gasteiger partial charge in [-0.3, -0.25) is 9.59 Å². The van der Waals surface area contributed by atoms with Crippen molar-refractivity contribution in [2.45, 2.75) is 18.9 Å². The Morgan fingerprint density at radius 1 is 1.00 bits per heavy atom. The van der Waals surface area contributed by atoms with E-state index in [9.17, 15) is 14.7 Å². The number of fused-ring (bicyclic) bond motifs is 1. The van der Waals surface area contributed by atoms with Crippen LogP contribution in [0.4, 0.5) is 0 Å².